The smallest absolute Gasteiger partial charge is 0.312 e. The molecule has 0 N–H and O–H groups in total. The van der Waals surface area contributed by atoms with Crippen molar-refractivity contribution in [3.8, 4) is 5.75 Å². The number of para-hydroxylation sites is 2. The summed E-state index contributed by atoms with van der Waals surface area (Å²) >= 11 is 0. The molecule has 1 saturated heterocycles. The van der Waals surface area contributed by atoms with E-state index in [1.807, 2.05) is 25.1 Å². The van der Waals surface area contributed by atoms with Gasteiger partial charge in [0, 0.05) is 18.5 Å². The van der Waals surface area contributed by atoms with Crippen molar-refractivity contribution in [2.45, 2.75) is 32.8 Å². The zero-order chi connectivity index (χ0) is 20.8. The highest BCUT2D eigenvalue weighted by Crippen LogP contribution is 2.33. The van der Waals surface area contributed by atoms with E-state index in [1.54, 1.807) is 48.2 Å². The average Bonchev–Trinajstić information content (AvgIpc) is 3.14. The fraction of sp³-hybridized carbons (Fsp3) is 0.348. The van der Waals surface area contributed by atoms with Gasteiger partial charge in [-0.2, -0.15) is 0 Å². The molecule has 1 amide bonds. The van der Waals surface area contributed by atoms with Crippen molar-refractivity contribution in [1.29, 1.82) is 0 Å². The van der Waals surface area contributed by atoms with Crippen LogP contribution >= 0.6 is 0 Å². The quantitative estimate of drug-likeness (QED) is 0.504. The Balaban J connectivity index is 1.69. The molecule has 2 aromatic rings. The predicted octanol–water partition coefficient (Wildman–Crippen LogP) is 3.64. The normalized spacial score (nSPS) is 17.1. The number of ether oxygens (including phenoxy) is 2. The van der Waals surface area contributed by atoms with E-state index in [1.165, 1.54) is 0 Å². The van der Waals surface area contributed by atoms with Crippen molar-refractivity contribution in [1.82, 2.24) is 0 Å². The molecule has 29 heavy (non-hydrogen) atoms. The second kappa shape index (κ2) is 9.37. The second-order valence-electron chi connectivity index (χ2n) is 6.87. The molecule has 6 nitrogen and oxygen atoms in total. The van der Waals surface area contributed by atoms with Crippen LogP contribution in [0.5, 0.6) is 5.75 Å². The molecular weight excluding hydrogens is 370 g/mol. The summed E-state index contributed by atoms with van der Waals surface area (Å²) in [5.41, 5.74) is 1.14. The Hall–Kier alpha value is -3.15. The third kappa shape index (κ3) is 4.65. The minimum atomic E-state index is -0.857. The van der Waals surface area contributed by atoms with E-state index in [4.69, 9.17) is 9.47 Å². The van der Waals surface area contributed by atoms with Crippen LogP contribution in [0.4, 0.5) is 5.69 Å². The van der Waals surface area contributed by atoms with E-state index in [0.29, 0.717) is 30.0 Å². The number of hydrogen-bond acceptors (Lipinski definition) is 5. The number of rotatable bonds is 8. The third-order valence-corrected chi connectivity index (χ3v) is 4.89. The highest BCUT2D eigenvalue weighted by molar-refractivity contribution is 6.02. The Bertz CT molecular complexity index is 880. The van der Waals surface area contributed by atoms with Crippen LogP contribution in [0.2, 0.25) is 0 Å². The molecule has 1 heterocycles. The van der Waals surface area contributed by atoms with Crippen molar-refractivity contribution >= 4 is 23.3 Å². The standard InChI is InChI=1S/C23H25NO5/c1-3-19(22(26)16-10-6-5-7-11-16)29-23(27)17-14-21(25)24(15-17)18-12-8-9-13-20(18)28-4-2/h5-13,17,19H,3-4,14-15H2,1-2H3/t17-,19-/m1/s1. The second-order valence-corrected chi connectivity index (χ2v) is 6.87. The molecule has 2 aromatic carbocycles. The molecule has 0 spiro atoms. The average molecular weight is 395 g/mol. The molecule has 6 heteroatoms. The van der Waals surface area contributed by atoms with Gasteiger partial charge in [-0.05, 0) is 25.5 Å². The van der Waals surface area contributed by atoms with Crippen molar-refractivity contribution in [3.05, 3.63) is 60.2 Å². The van der Waals surface area contributed by atoms with Gasteiger partial charge in [0.2, 0.25) is 11.7 Å². The lowest BCUT2D eigenvalue weighted by molar-refractivity contribution is -0.151. The van der Waals surface area contributed by atoms with Gasteiger partial charge in [-0.1, -0.05) is 49.4 Å². The maximum absolute atomic E-state index is 12.7. The number of anilines is 1. The van der Waals surface area contributed by atoms with Crippen LogP contribution in [-0.2, 0) is 14.3 Å². The Morgan fingerprint density at radius 3 is 2.45 bits per heavy atom. The van der Waals surface area contributed by atoms with Crippen LogP contribution in [-0.4, -0.2) is 36.9 Å². The molecule has 2 atom stereocenters. The monoisotopic (exact) mass is 395 g/mol. The Kier molecular flexibility index (Phi) is 6.65. The fourth-order valence-electron chi connectivity index (χ4n) is 3.40. The summed E-state index contributed by atoms with van der Waals surface area (Å²) < 4.78 is 11.1. The van der Waals surface area contributed by atoms with Gasteiger partial charge in [0.05, 0.1) is 18.2 Å². The molecule has 3 rings (SSSR count). The largest absolute Gasteiger partial charge is 0.492 e. The van der Waals surface area contributed by atoms with Gasteiger partial charge in [0.25, 0.3) is 0 Å². The minimum absolute atomic E-state index is 0.0508. The first-order valence-electron chi connectivity index (χ1n) is 9.87. The minimum Gasteiger partial charge on any atom is -0.492 e. The Morgan fingerprint density at radius 1 is 1.07 bits per heavy atom. The first kappa shape index (κ1) is 20.6. The number of esters is 1. The number of carbonyl (C=O) groups is 3. The number of benzene rings is 2. The summed E-state index contributed by atoms with van der Waals surface area (Å²) in [5.74, 6) is -0.936. The number of hydrogen-bond donors (Lipinski definition) is 0. The van der Waals surface area contributed by atoms with Gasteiger partial charge in [0.15, 0.2) is 6.10 Å². The van der Waals surface area contributed by atoms with E-state index >= 15 is 0 Å². The van der Waals surface area contributed by atoms with E-state index in [9.17, 15) is 14.4 Å². The number of ketones is 1. The maximum atomic E-state index is 12.7. The van der Waals surface area contributed by atoms with Gasteiger partial charge in [0.1, 0.15) is 5.75 Å². The molecule has 0 bridgehead atoms. The van der Waals surface area contributed by atoms with Crippen LogP contribution in [0.1, 0.15) is 37.0 Å². The van der Waals surface area contributed by atoms with Crippen LogP contribution in [0.25, 0.3) is 0 Å². The highest BCUT2D eigenvalue weighted by Gasteiger charge is 2.38. The van der Waals surface area contributed by atoms with Crippen LogP contribution in [0.15, 0.2) is 54.6 Å². The van der Waals surface area contributed by atoms with Gasteiger partial charge in [-0.15, -0.1) is 0 Å². The van der Waals surface area contributed by atoms with Crippen molar-refractivity contribution in [2.24, 2.45) is 5.92 Å². The van der Waals surface area contributed by atoms with Crippen LogP contribution in [0, 0.1) is 5.92 Å². The number of nitrogens with zero attached hydrogens (tertiary/aromatic N) is 1. The lowest BCUT2D eigenvalue weighted by Gasteiger charge is -2.20. The van der Waals surface area contributed by atoms with Crippen molar-refractivity contribution < 1.29 is 23.9 Å². The predicted molar refractivity (Wildman–Crippen MR) is 109 cm³/mol. The lowest BCUT2D eigenvalue weighted by Crippen LogP contribution is -2.31. The summed E-state index contributed by atoms with van der Waals surface area (Å²) in [5, 5.41) is 0. The SMILES string of the molecule is CCOc1ccccc1N1C[C@H](C(=O)O[C@H](CC)C(=O)c2ccccc2)CC1=O. The molecule has 1 aliphatic rings. The van der Waals surface area contributed by atoms with Crippen molar-refractivity contribution in [2.75, 3.05) is 18.1 Å². The molecule has 0 aromatic heterocycles. The van der Waals surface area contributed by atoms with Crippen LogP contribution in [0.3, 0.4) is 0 Å². The highest BCUT2D eigenvalue weighted by atomic mass is 16.5. The first-order valence-corrected chi connectivity index (χ1v) is 9.87. The van der Waals surface area contributed by atoms with Gasteiger partial charge >= 0.3 is 5.97 Å². The fourth-order valence-corrected chi connectivity index (χ4v) is 3.40. The molecule has 1 aliphatic heterocycles. The number of carbonyl (C=O) groups excluding carboxylic acids is 3. The van der Waals surface area contributed by atoms with Crippen LogP contribution < -0.4 is 9.64 Å². The molecule has 1 fully saturated rings. The molecule has 0 radical (unpaired) electrons. The topological polar surface area (TPSA) is 72.9 Å². The Labute approximate surface area is 170 Å². The third-order valence-electron chi connectivity index (χ3n) is 4.89. The number of Topliss-reactive ketones (excluding diaryl/α,β-unsaturated/α-hetero) is 1. The van der Waals surface area contributed by atoms with Crippen molar-refractivity contribution in [3.63, 3.8) is 0 Å². The van der Waals surface area contributed by atoms with Gasteiger partial charge < -0.3 is 14.4 Å². The zero-order valence-electron chi connectivity index (χ0n) is 16.7. The summed E-state index contributed by atoms with van der Waals surface area (Å²) in [6.07, 6.45) is -0.434. The summed E-state index contributed by atoms with van der Waals surface area (Å²) in [7, 11) is 0. The maximum Gasteiger partial charge on any atom is 0.312 e. The molecule has 0 unspecified atom stereocenters. The van der Waals surface area contributed by atoms with E-state index < -0.39 is 18.0 Å². The summed E-state index contributed by atoms with van der Waals surface area (Å²) in [6, 6.07) is 16.0. The summed E-state index contributed by atoms with van der Waals surface area (Å²) in [6.45, 7) is 4.35. The molecule has 0 saturated carbocycles. The lowest BCUT2D eigenvalue weighted by atomic mass is 10.0. The van der Waals surface area contributed by atoms with E-state index in [0.717, 1.165) is 0 Å². The molecular formula is C23H25NO5. The summed E-state index contributed by atoms with van der Waals surface area (Å²) in [4.78, 5) is 39.4. The zero-order valence-corrected chi connectivity index (χ0v) is 16.7. The van der Waals surface area contributed by atoms with Gasteiger partial charge in [-0.3, -0.25) is 14.4 Å². The molecule has 0 aliphatic carbocycles. The van der Waals surface area contributed by atoms with Gasteiger partial charge in [-0.25, -0.2) is 0 Å². The Morgan fingerprint density at radius 2 is 1.76 bits per heavy atom. The van der Waals surface area contributed by atoms with E-state index in [2.05, 4.69) is 0 Å². The first-order chi connectivity index (χ1) is 14.0. The molecule has 152 valence electrons. The number of amides is 1. The van der Waals surface area contributed by atoms with E-state index in [-0.39, 0.29) is 24.7 Å².